The van der Waals surface area contributed by atoms with Crippen LogP contribution in [0.5, 0.6) is 5.75 Å². The molecule has 1 saturated carbocycles. The van der Waals surface area contributed by atoms with Gasteiger partial charge in [-0.15, -0.1) is 0 Å². The van der Waals surface area contributed by atoms with Crippen molar-refractivity contribution in [3.8, 4) is 5.75 Å². The highest BCUT2D eigenvalue weighted by Crippen LogP contribution is 2.39. The number of hydrogen-bond acceptors (Lipinski definition) is 5. The number of benzene rings is 2. The number of hydrogen-bond donors (Lipinski definition) is 1. The summed E-state index contributed by atoms with van der Waals surface area (Å²) in [5.41, 5.74) is 1.61. The van der Waals surface area contributed by atoms with E-state index in [1.54, 1.807) is 12.1 Å². The first-order chi connectivity index (χ1) is 15.8. The highest BCUT2D eigenvalue weighted by molar-refractivity contribution is 7.89. The number of amides is 2. The number of carbonyl (C=O) groups is 2. The molecule has 33 heavy (non-hydrogen) atoms. The number of methoxy groups -OCH3 is 1. The van der Waals surface area contributed by atoms with Crippen molar-refractivity contribution in [2.45, 2.75) is 50.0 Å². The van der Waals surface area contributed by atoms with Crippen molar-refractivity contribution < 1.29 is 22.7 Å². The van der Waals surface area contributed by atoms with E-state index < -0.39 is 10.0 Å². The van der Waals surface area contributed by atoms with Crippen LogP contribution in [0, 0.1) is 11.8 Å². The van der Waals surface area contributed by atoms with E-state index in [1.807, 2.05) is 37.3 Å². The van der Waals surface area contributed by atoms with Gasteiger partial charge < -0.3 is 4.74 Å². The molecule has 176 valence electrons. The van der Waals surface area contributed by atoms with Crippen molar-refractivity contribution in [1.82, 2.24) is 9.62 Å². The first-order valence-electron chi connectivity index (χ1n) is 11.4. The maximum absolute atomic E-state index is 13.1. The molecule has 3 atom stereocenters. The summed E-state index contributed by atoms with van der Waals surface area (Å²) < 4.78 is 34.2. The van der Waals surface area contributed by atoms with E-state index >= 15 is 0 Å². The molecule has 8 heteroatoms. The van der Waals surface area contributed by atoms with Crippen LogP contribution in [0.4, 0.5) is 0 Å². The molecule has 0 bridgehead atoms. The first-order valence-corrected chi connectivity index (χ1v) is 12.9. The van der Waals surface area contributed by atoms with E-state index in [2.05, 4.69) is 4.72 Å². The minimum absolute atomic E-state index is 0.000673. The third-order valence-electron chi connectivity index (χ3n) is 6.74. The number of imide groups is 1. The predicted octanol–water partition coefficient (Wildman–Crippen LogP) is 3.45. The van der Waals surface area contributed by atoms with Crippen LogP contribution in [0.3, 0.4) is 0 Å². The third-order valence-corrected chi connectivity index (χ3v) is 8.18. The lowest BCUT2D eigenvalue weighted by molar-refractivity contribution is -0.140. The topological polar surface area (TPSA) is 92.8 Å². The molecule has 0 radical (unpaired) electrons. The molecule has 1 aliphatic carbocycles. The van der Waals surface area contributed by atoms with Crippen LogP contribution in [0.2, 0.25) is 0 Å². The van der Waals surface area contributed by atoms with Crippen LogP contribution in [-0.2, 0) is 26.2 Å². The average molecular weight is 471 g/mol. The molecule has 4 rings (SSSR count). The summed E-state index contributed by atoms with van der Waals surface area (Å²) in [6.07, 6.45) is 3.42. The van der Waals surface area contributed by atoms with Crippen molar-refractivity contribution >= 4 is 21.8 Å². The van der Waals surface area contributed by atoms with Crippen LogP contribution in [0.15, 0.2) is 53.4 Å². The summed E-state index contributed by atoms with van der Waals surface area (Å²) in [4.78, 5) is 26.9. The van der Waals surface area contributed by atoms with Gasteiger partial charge in [-0.05, 0) is 42.0 Å². The molecular weight excluding hydrogens is 440 g/mol. The Morgan fingerprint density at radius 3 is 2.27 bits per heavy atom. The van der Waals surface area contributed by atoms with E-state index in [9.17, 15) is 18.0 Å². The van der Waals surface area contributed by atoms with Gasteiger partial charge >= 0.3 is 0 Å². The lowest BCUT2D eigenvalue weighted by atomic mass is 9.81. The third kappa shape index (κ3) is 4.82. The fourth-order valence-corrected chi connectivity index (χ4v) is 6.16. The smallest absolute Gasteiger partial charge is 0.244 e. The van der Waals surface area contributed by atoms with Crippen molar-refractivity contribution in [2.24, 2.45) is 11.8 Å². The van der Waals surface area contributed by atoms with Crippen molar-refractivity contribution in [3.63, 3.8) is 0 Å². The van der Waals surface area contributed by atoms with Crippen LogP contribution in [0.25, 0.3) is 0 Å². The Balaban J connectivity index is 1.53. The number of carbonyl (C=O) groups excluding carboxylic acids is 2. The fraction of sp³-hybridized carbons (Fsp3) is 0.440. The number of sulfonamides is 1. The Morgan fingerprint density at radius 1 is 1.03 bits per heavy atom. The number of rotatable bonds is 8. The first kappa shape index (κ1) is 23.4. The molecule has 1 aliphatic heterocycles. The number of likely N-dealkylation sites (tertiary alicyclic amines) is 1. The SMILES string of the molecule is COc1ccc(CN2C(=O)[C@H]3CCCC[C@H]3C2=O)cc1S(=O)(=O)NC[C@@H](C)c1ccccc1. The zero-order valence-electron chi connectivity index (χ0n) is 19.0. The Morgan fingerprint density at radius 2 is 1.67 bits per heavy atom. The Labute approximate surface area is 195 Å². The lowest BCUT2D eigenvalue weighted by Crippen LogP contribution is -2.31. The number of nitrogens with zero attached hydrogens (tertiary/aromatic N) is 1. The molecule has 0 spiro atoms. The highest BCUT2D eigenvalue weighted by Gasteiger charge is 2.47. The van der Waals surface area contributed by atoms with Gasteiger partial charge in [-0.25, -0.2) is 13.1 Å². The van der Waals surface area contributed by atoms with E-state index in [1.165, 1.54) is 18.1 Å². The molecule has 1 heterocycles. The predicted molar refractivity (Wildman–Crippen MR) is 124 cm³/mol. The van der Waals surface area contributed by atoms with Gasteiger partial charge in [0.15, 0.2) is 0 Å². The normalized spacial score (nSPS) is 21.7. The minimum atomic E-state index is -3.87. The Kier molecular flexibility index (Phi) is 6.86. The zero-order valence-corrected chi connectivity index (χ0v) is 19.8. The van der Waals surface area contributed by atoms with Gasteiger partial charge in [-0.1, -0.05) is 56.2 Å². The Bertz CT molecular complexity index is 1110. The number of fused-ring (bicyclic) bond motifs is 1. The van der Waals surface area contributed by atoms with Gasteiger partial charge in [0, 0.05) is 6.54 Å². The largest absolute Gasteiger partial charge is 0.495 e. The fourth-order valence-electron chi connectivity index (χ4n) is 4.81. The highest BCUT2D eigenvalue weighted by atomic mass is 32.2. The van der Waals surface area contributed by atoms with Crippen molar-refractivity contribution in [1.29, 1.82) is 0 Å². The van der Waals surface area contributed by atoms with Gasteiger partial charge in [0.25, 0.3) is 0 Å². The molecule has 7 nitrogen and oxygen atoms in total. The van der Waals surface area contributed by atoms with E-state index in [0.717, 1.165) is 31.2 Å². The van der Waals surface area contributed by atoms with Gasteiger partial charge in [-0.2, -0.15) is 0 Å². The molecule has 2 fully saturated rings. The van der Waals surface area contributed by atoms with E-state index in [0.29, 0.717) is 5.56 Å². The second kappa shape index (κ2) is 9.65. The summed E-state index contributed by atoms with van der Waals surface area (Å²) in [6.45, 7) is 2.25. The summed E-state index contributed by atoms with van der Waals surface area (Å²) in [5, 5.41) is 0. The summed E-state index contributed by atoms with van der Waals surface area (Å²) in [7, 11) is -2.46. The minimum Gasteiger partial charge on any atom is -0.495 e. The molecular formula is C25H30N2O5S. The van der Waals surface area contributed by atoms with E-state index in [4.69, 9.17) is 4.74 Å². The van der Waals surface area contributed by atoms with Crippen molar-refractivity contribution in [2.75, 3.05) is 13.7 Å². The summed E-state index contributed by atoms with van der Waals surface area (Å²) in [5.74, 6) is -0.535. The summed E-state index contributed by atoms with van der Waals surface area (Å²) >= 11 is 0. The maximum atomic E-state index is 13.1. The Hall–Kier alpha value is -2.71. The quantitative estimate of drug-likeness (QED) is 0.597. The van der Waals surface area contributed by atoms with Gasteiger partial charge in [0.2, 0.25) is 21.8 Å². The van der Waals surface area contributed by atoms with Crippen LogP contribution >= 0.6 is 0 Å². The molecule has 0 unspecified atom stereocenters. The van der Waals surface area contributed by atoms with Crippen molar-refractivity contribution in [3.05, 3.63) is 59.7 Å². The lowest BCUT2D eigenvalue weighted by Gasteiger charge is -2.19. The van der Waals surface area contributed by atoms with Gasteiger partial charge in [-0.3, -0.25) is 14.5 Å². The van der Waals surface area contributed by atoms with E-state index in [-0.39, 0.29) is 53.3 Å². The zero-order chi connectivity index (χ0) is 23.6. The molecule has 1 saturated heterocycles. The monoisotopic (exact) mass is 470 g/mol. The number of ether oxygens (including phenoxy) is 1. The van der Waals surface area contributed by atoms with Gasteiger partial charge in [0.1, 0.15) is 10.6 Å². The van der Waals surface area contributed by atoms with Crippen LogP contribution in [0.1, 0.15) is 49.7 Å². The standard InChI is InChI=1S/C25H30N2O5S/c1-17(19-8-4-3-5-9-19)15-26-33(30,31)23-14-18(12-13-22(23)32-2)16-27-24(28)20-10-6-7-11-21(20)25(27)29/h3-5,8-9,12-14,17,20-21,26H,6-7,10-11,15-16H2,1-2H3/t17-,20-,21+/m1/s1. The van der Waals surface area contributed by atoms with Gasteiger partial charge in [0.05, 0.1) is 25.5 Å². The molecule has 2 aromatic rings. The molecule has 2 aromatic carbocycles. The molecule has 2 aliphatic rings. The maximum Gasteiger partial charge on any atom is 0.244 e. The molecule has 0 aromatic heterocycles. The summed E-state index contributed by atoms with van der Waals surface area (Å²) in [6, 6.07) is 14.4. The molecule has 2 amide bonds. The number of nitrogens with one attached hydrogen (secondary N) is 1. The van der Waals surface area contributed by atoms with Crippen LogP contribution in [-0.4, -0.2) is 38.8 Å². The second-order valence-corrected chi connectivity index (χ2v) is 10.6. The average Bonchev–Trinajstić information content (AvgIpc) is 3.08. The van der Waals surface area contributed by atoms with Crippen LogP contribution < -0.4 is 9.46 Å². The molecule has 1 N–H and O–H groups in total. The second-order valence-electron chi connectivity index (χ2n) is 8.91.